The zero-order valence-electron chi connectivity index (χ0n) is 12.4. The molecule has 0 amide bonds. The Hall–Kier alpha value is -0.0800. The van der Waals surface area contributed by atoms with Crippen LogP contribution in [0.25, 0.3) is 0 Å². The first kappa shape index (κ1) is 15.9. The second-order valence-electron chi connectivity index (χ2n) is 5.79. The quantitative estimate of drug-likeness (QED) is 0.642. The molecule has 0 aliphatic rings. The van der Waals surface area contributed by atoms with E-state index >= 15 is 0 Å². The summed E-state index contributed by atoms with van der Waals surface area (Å²) in [5.74, 6) is 0.695. The van der Waals surface area contributed by atoms with Crippen LogP contribution in [0.3, 0.4) is 0 Å². The Morgan fingerprint density at radius 2 is 1.75 bits per heavy atom. The Morgan fingerprint density at radius 3 is 2.12 bits per heavy atom. The summed E-state index contributed by atoms with van der Waals surface area (Å²) in [5, 5.41) is 3.55. The first-order valence-corrected chi connectivity index (χ1v) is 6.80. The normalized spacial score (nSPS) is 14.8. The second-order valence-corrected chi connectivity index (χ2v) is 5.79. The van der Waals surface area contributed by atoms with Crippen molar-refractivity contribution < 1.29 is 0 Å². The molecule has 0 aromatic carbocycles. The average Bonchev–Trinajstić information content (AvgIpc) is 2.23. The van der Waals surface area contributed by atoms with Gasteiger partial charge in [0.15, 0.2) is 0 Å². The summed E-state index contributed by atoms with van der Waals surface area (Å²) in [6, 6.07) is 0.626. The van der Waals surface area contributed by atoms with Crippen molar-refractivity contribution in [2.24, 2.45) is 5.92 Å². The van der Waals surface area contributed by atoms with E-state index in [1.807, 2.05) is 0 Å². The molecule has 1 unspecified atom stereocenters. The molecule has 2 nitrogen and oxygen atoms in total. The lowest BCUT2D eigenvalue weighted by Gasteiger charge is -2.42. The van der Waals surface area contributed by atoms with Gasteiger partial charge in [0.2, 0.25) is 0 Å². The number of nitrogens with zero attached hydrogens (tertiary/aromatic N) is 1. The minimum absolute atomic E-state index is 0.294. The van der Waals surface area contributed by atoms with Gasteiger partial charge in [-0.2, -0.15) is 0 Å². The Morgan fingerprint density at radius 1 is 1.19 bits per heavy atom. The molecule has 0 saturated heterocycles. The van der Waals surface area contributed by atoms with Crippen molar-refractivity contribution in [1.29, 1.82) is 0 Å². The highest BCUT2D eigenvalue weighted by molar-refractivity contribution is 4.85. The van der Waals surface area contributed by atoms with E-state index in [9.17, 15) is 0 Å². The fourth-order valence-electron chi connectivity index (χ4n) is 1.94. The molecule has 0 heterocycles. The number of nitrogens with one attached hydrogen (secondary N) is 1. The lowest BCUT2D eigenvalue weighted by molar-refractivity contribution is 0.0710. The molecule has 0 fully saturated rings. The van der Waals surface area contributed by atoms with Crippen LogP contribution in [0.2, 0.25) is 0 Å². The van der Waals surface area contributed by atoms with E-state index < -0.39 is 0 Å². The summed E-state index contributed by atoms with van der Waals surface area (Å²) in [6.45, 7) is 16.0. The fourth-order valence-corrected chi connectivity index (χ4v) is 1.94. The van der Waals surface area contributed by atoms with Crippen LogP contribution in [0.5, 0.6) is 0 Å². The van der Waals surface area contributed by atoms with Gasteiger partial charge in [-0.1, -0.05) is 27.7 Å². The smallest absolute Gasteiger partial charge is 0.0245 e. The summed E-state index contributed by atoms with van der Waals surface area (Å²) in [4.78, 5) is 2.54. The molecule has 0 aliphatic heterocycles. The number of likely N-dealkylation sites (N-methyl/N-ethyl adjacent to an activating group) is 1. The largest absolute Gasteiger partial charge is 0.315 e. The Bertz CT molecular complexity index is 176. The van der Waals surface area contributed by atoms with Crippen molar-refractivity contribution in [3.8, 4) is 0 Å². The van der Waals surface area contributed by atoms with Gasteiger partial charge in [-0.05, 0) is 46.2 Å². The summed E-state index contributed by atoms with van der Waals surface area (Å²) in [5.41, 5.74) is 0.294. The molecule has 1 atom stereocenters. The van der Waals surface area contributed by atoms with Crippen LogP contribution >= 0.6 is 0 Å². The van der Waals surface area contributed by atoms with Gasteiger partial charge in [-0.15, -0.1) is 0 Å². The summed E-state index contributed by atoms with van der Waals surface area (Å²) >= 11 is 0. The lowest BCUT2D eigenvalue weighted by atomic mass is 9.93. The topological polar surface area (TPSA) is 15.3 Å². The van der Waals surface area contributed by atoms with Crippen molar-refractivity contribution in [2.75, 3.05) is 20.1 Å². The zero-order chi connectivity index (χ0) is 12.8. The van der Waals surface area contributed by atoms with Crippen molar-refractivity contribution in [3.63, 3.8) is 0 Å². The highest BCUT2D eigenvalue weighted by Gasteiger charge is 2.29. The molecule has 16 heavy (non-hydrogen) atoms. The van der Waals surface area contributed by atoms with Gasteiger partial charge >= 0.3 is 0 Å². The van der Waals surface area contributed by atoms with Crippen LogP contribution in [0.4, 0.5) is 0 Å². The first-order valence-electron chi connectivity index (χ1n) is 6.80. The molecule has 0 rings (SSSR count). The molecule has 1 N–H and O–H groups in total. The molecule has 0 aromatic heterocycles. The molecule has 0 spiro atoms. The van der Waals surface area contributed by atoms with Crippen LogP contribution < -0.4 is 5.32 Å². The van der Waals surface area contributed by atoms with Gasteiger partial charge in [0, 0.05) is 18.1 Å². The molecular formula is C14H32N2. The van der Waals surface area contributed by atoms with Crippen molar-refractivity contribution >= 4 is 0 Å². The van der Waals surface area contributed by atoms with E-state index in [0.717, 1.165) is 13.1 Å². The number of hydrogen-bond acceptors (Lipinski definition) is 2. The minimum atomic E-state index is 0.294. The van der Waals surface area contributed by atoms with Gasteiger partial charge in [-0.25, -0.2) is 0 Å². The van der Waals surface area contributed by atoms with Crippen molar-refractivity contribution in [1.82, 2.24) is 10.2 Å². The summed E-state index contributed by atoms with van der Waals surface area (Å²) < 4.78 is 0. The molecule has 0 saturated carbocycles. The average molecular weight is 228 g/mol. The monoisotopic (exact) mass is 228 g/mol. The minimum Gasteiger partial charge on any atom is -0.315 e. The van der Waals surface area contributed by atoms with E-state index in [2.05, 4.69) is 58.8 Å². The van der Waals surface area contributed by atoms with Crippen LogP contribution in [-0.2, 0) is 0 Å². The third-order valence-electron chi connectivity index (χ3n) is 3.87. The van der Waals surface area contributed by atoms with E-state index in [0.29, 0.717) is 17.5 Å². The maximum Gasteiger partial charge on any atom is 0.0245 e. The SMILES string of the molecule is CCCNCC(C(C)C)N(C)C(C)(C)CC. The van der Waals surface area contributed by atoms with Crippen LogP contribution in [0, 0.1) is 5.92 Å². The van der Waals surface area contributed by atoms with Gasteiger partial charge < -0.3 is 5.32 Å². The van der Waals surface area contributed by atoms with Crippen LogP contribution in [0.1, 0.15) is 54.4 Å². The highest BCUT2D eigenvalue weighted by Crippen LogP contribution is 2.22. The van der Waals surface area contributed by atoms with Gasteiger partial charge in [0.1, 0.15) is 0 Å². The summed E-state index contributed by atoms with van der Waals surface area (Å²) in [7, 11) is 2.27. The molecular weight excluding hydrogens is 196 g/mol. The molecule has 0 radical (unpaired) electrons. The van der Waals surface area contributed by atoms with E-state index in [4.69, 9.17) is 0 Å². The van der Waals surface area contributed by atoms with Crippen LogP contribution in [-0.4, -0.2) is 36.6 Å². The van der Waals surface area contributed by atoms with Gasteiger partial charge in [-0.3, -0.25) is 4.90 Å². The van der Waals surface area contributed by atoms with Gasteiger partial charge in [0.05, 0.1) is 0 Å². The fraction of sp³-hybridized carbons (Fsp3) is 1.00. The molecule has 0 bridgehead atoms. The predicted molar refractivity (Wildman–Crippen MR) is 73.9 cm³/mol. The molecule has 0 aliphatic carbocycles. The number of hydrogen-bond donors (Lipinski definition) is 1. The molecule has 0 aromatic rings. The second kappa shape index (κ2) is 7.29. The Balaban J connectivity index is 4.40. The molecule has 2 heteroatoms. The van der Waals surface area contributed by atoms with Crippen molar-refractivity contribution in [2.45, 2.75) is 66.0 Å². The first-order chi connectivity index (χ1) is 7.36. The van der Waals surface area contributed by atoms with E-state index in [-0.39, 0.29) is 0 Å². The van der Waals surface area contributed by atoms with Gasteiger partial charge in [0.25, 0.3) is 0 Å². The van der Waals surface area contributed by atoms with E-state index in [1.54, 1.807) is 0 Å². The molecule has 98 valence electrons. The maximum absolute atomic E-state index is 3.55. The maximum atomic E-state index is 3.55. The van der Waals surface area contributed by atoms with Crippen LogP contribution in [0.15, 0.2) is 0 Å². The summed E-state index contributed by atoms with van der Waals surface area (Å²) in [6.07, 6.45) is 2.41. The Kier molecular flexibility index (Phi) is 7.25. The Labute approximate surface area is 103 Å². The van der Waals surface area contributed by atoms with Crippen molar-refractivity contribution in [3.05, 3.63) is 0 Å². The number of rotatable bonds is 8. The highest BCUT2D eigenvalue weighted by atomic mass is 15.2. The zero-order valence-corrected chi connectivity index (χ0v) is 12.4. The third-order valence-corrected chi connectivity index (χ3v) is 3.87. The third kappa shape index (κ3) is 4.84. The van der Waals surface area contributed by atoms with E-state index in [1.165, 1.54) is 12.8 Å². The lowest BCUT2D eigenvalue weighted by Crippen LogP contribution is -2.53. The standard InChI is InChI=1S/C14H32N2/c1-8-10-15-11-13(12(3)4)16(7)14(5,6)9-2/h12-13,15H,8-11H2,1-7H3. The predicted octanol–water partition coefficient (Wildman–Crippen LogP) is 3.13.